The predicted octanol–water partition coefficient (Wildman–Crippen LogP) is 6.03. The number of carbonyl (C=O) groups is 3. The summed E-state index contributed by atoms with van der Waals surface area (Å²) >= 11 is 0. The first kappa shape index (κ1) is 30.6. The van der Waals surface area contributed by atoms with Gasteiger partial charge in [0, 0.05) is 35.3 Å². The summed E-state index contributed by atoms with van der Waals surface area (Å²) in [5.74, 6) is 0.369. The number of rotatable bonds is 11. The molecule has 3 aromatic carbocycles. The first-order valence-corrected chi connectivity index (χ1v) is 13.5. The van der Waals surface area contributed by atoms with Crippen LogP contribution in [0.4, 0.5) is 10.5 Å². The van der Waals surface area contributed by atoms with Crippen LogP contribution < -0.4 is 24.8 Å². The minimum atomic E-state index is -1.21. The predicted molar refractivity (Wildman–Crippen MR) is 160 cm³/mol. The third kappa shape index (κ3) is 8.59. The fraction of sp³-hybridized carbons (Fsp3) is 0.250. The molecule has 2 amide bonds. The number of amides is 2. The Balaban J connectivity index is 1.43. The zero-order chi connectivity index (χ0) is 31.0. The van der Waals surface area contributed by atoms with Crippen LogP contribution in [0, 0.1) is 0 Å². The van der Waals surface area contributed by atoms with E-state index in [0.29, 0.717) is 45.2 Å². The molecule has 224 valence electrons. The molecule has 0 bridgehead atoms. The molecule has 0 radical (unpaired) electrons. The van der Waals surface area contributed by atoms with Crippen molar-refractivity contribution in [2.45, 2.75) is 38.8 Å². The molecule has 4 aromatic rings. The number of nitrogens with one attached hydrogen (secondary N) is 2. The molecule has 0 aliphatic heterocycles. The first-order valence-electron chi connectivity index (χ1n) is 13.5. The van der Waals surface area contributed by atoms with E-state index in [1.807, 2.05) is 6.07 Å². The highest BCUT2D eigenvalue weighted by molar-refractivity contribution is 6.04. The fourth-order valence-electron chi connectivity index (χ4n) is 4.01. The van der Waals surface area contributed by atoms with Gasteiger partial charge in [0.15, 0.2) is 11.5 Å². The number of hydrogen-bond acceptors (Lipinski definition) is 8. The zero-order valence-corrected chi connectivity index (χ0v) is 24.2. The van der Waals surface area contributed by atoms with Gasteiger partial charge in [-0.05, 0) is 69.3 Å². The molecule has 11 heteroatoms. The van der Waals surface area contributed by atoms with Gasteiger partial charge in [0.05, 0.1) is 19.2 Å². The van der Waals surface area contributed by atoms with Gasteiger partial charge < -0.3 is 34.7 Å². The Morgan fingerprint density at radius 2 is 1.65 bits per heavy atom. The van der Waals surface area contributed by atoms with E-state index < -0.39 is 23.7 Å². The highest BCUT2D eigenvalue weighted by Crippen LogP contribution is 2.37. The summed E-state index contributed by atoms with van der Waals surface area (Å²) in [5, 5.41) is 15.4. The third-order valence-corrected chi connectivity index (χ3v) is 6.02. The molecule has 1 aromatic heterocycles. The summed E-state index contributed by atoms with van der Waals surface area (Å²) in [6.07, 6.45) is 0.744. The summed E-state index contributed by atoms with van der Waals surface area (Å²) in [6.45, 7) is 5.03. The average Bonchev–Trinajstić information content (AvgIpc) is 2.97. The lowest BCUT2D eigenvalue weighted by Gasteiger charge is -2.22. The van der Waals surface area contributed by atoms with Crippen molar-refractivity contribution in [1.82, 2.24) is 10.3 Å². The van der Waals surface area contributed by atoms with Crippen LogP contribution in [-0.2, 0) is 9.53 Å². The summed E-state index contributed by atoms with van der Waals surface area (Å²) in [7, 11) is 1.48. The number of ether oxygens (including phenoxy) is 4. The number of hydrogen-bond donors (Lipinski definition) is 3. The topological polar surface area (TPSA) is 145 Å². The van der Waals surface area contributed by atoms with Crippen LogP contribution in [0.15, 0.2) is 79.0 Å². The lowest BCUT2D eigenvalue weighted by Crippen LogP contribution is -2.44. The molecule has 1 atom stereocenters. The number of fused-ring (bicyclic) bond motifs is 1. The number of carbonyl (C=O) groups excluding carboxylic acids is 2. The molecule has 11 nitrogen and oxygen atoms in total. The molecular weight excluding hydrogens is 554 g/mol. The molecule has 4 rings (SSSR count). The van der Waals surface area contributed by atoms with Crippen LogP contribution in [0.5, 0.6) is 23.0 Å². The van der Waals surface area contributed by atoms with E-state index in [-0.39, 0.29) is 18.9 Å². The number of nitrogens with zero attached hydrogens (tertiary/aromatic N) is 1. The van der Waals surface area contributed by atoms with Gasteiger partial charge in [0.1, 0.15) is 23.1 Å². The van der Waals surface area contributed by atoms with Gasteiger partial charge >= 0.3 is 12.1 Å². The number of carboxylic acid groups (broad SMARTS) is 1. The van der Waals surface area contributed by atoms with Crippen molar-refractivity contribution < 1.29 is 38.4 Å². The Morgan fingerprint density at radius 3 is 2.30 bits per heavy atom. The lowest BCUT2D eigenvalue weighted by molar-refractivity contribution is -0.139. The fourth-order valence-corrected chi connectivity index (χ4v) is 4.01. The van der Waals surface area contributed by atoms with Crippen molar-refractivity contribution >= 4 is 34.6 Å². The van der Waals surface area contributed by atoms with Crippen LogP contribution in [0.2, 0.25) is 0 Å². The monoisotopic (exact) mass is 587 g/mol. The Hall–Kier alpha value is -5.32. The Labute approximate surface area is 248 Å². The van der Waals surface area contributed by atoms with Gasteiger partial charge in [-0.3, -0.25) is 9.78 Å². The van der Waals surface area contributed by atoms with Gasteiger partial charge in [-0.25, -0.2) is 9.59 Å². The Kier molecular flexibility index (Phi) is 9.66. The van der Waals surface area contributed by atoms with Crippen LogP contribution >= 0.6 is 0 Å². The number of carboxylic acids is 1. The maximum Gasteiger partial charge on any atom is 0.408 e. The van der Waals surface area contributed by atoms with Crippen LogP contribution in [-0.4, -0.2) is 53.4 Å². The molecule has 0 aliphatic rings. The molecule has 43 heavy (non-hydrogen) atoms. The van der Waals surface area contributed by atoms with E-state index in [1.54, 1.807) is 93.7 Å². The molecule has 3 N–H and O–H groups in total. The second kappa shape index (κ2) is 13.6. The SMILES string of the molecule is COc1cc2c(Oc3ccc(NC(=O)c4ccccc4)cc3)ccnc2cc1OCCC(NC(=O)OC(C)(C)C)C(=O)O. The number of pyridine rings is 1. The van der Waals surface area contributed by atoms with Crippen LogP contribution in [0.3, 0.4) is 0 Å². The molecule has 0 spiro atoms. The van der Waals surface area contributed by atoms with Gasteiger partial charge in [-0.15, -0.1) is 0 Å². The molecule has 1 heterocycles. The van der Waals surface area contributed by atoms with Crippen LogP contribution in [0.1, 0.15) is 37.6 Å². The van der Waals surface area contributed by atoms with E-state index in [4.69, 9.17) is 18.9 Å². The maximum atomic E-state index is 12.4. The average molecular weight is 588 g/mol. The highest BCUT2D eigenvalue weighted by Gasteiger charge is 2.24. The molecule has 1 unspecified atom stereocenters. The Bertz CT molecular complexity index is 1580. The van der Waals surface area contributed by atoms with Gasteiger partial charge in [-0.1, -0.05) is 18.2 Å². The van der Waals surface area contributed by atoms with E-state index in [9.17, 15) is 19.5 Å². The van der Waals surface area contributed by atoms with Gasteiger partial charge in [-0.2, -0.15) is 0 Å². The summed E-state index contributed by atoms with van der Waals surface area (Å²) in [6, 6.07) is 19.8. The number of aliphatic carboxylic acids is 1. The second-order valence-electron chi connectivity index (χ2n) is 10.5. The third-order valence-electron chi connectivity index (χ3n) is 6.02. The van der Waals surface area contributed by atoms with Crippen molar-refractivity contribution in [2.75, 3.05) is 19.0 Å². The van der Waals surface area contributed by atoms with Crippen LogP contribution in [0.25, 0.3) is 10.9 Å². The van der Waals surface area contributed by atoms with Crippen molar-refractivity contribution in [3.8, 4) is 23.0 Å². The highest BCUT2D eigenvalue weighted by atomic mass is 16.6. The van der Waals surface area contributed by atoms with E-state index in [0.717, 1.165) is 0 Å². The largest absolute Gasteiger partial charge is 0.493 e. The van der Waals surface area contributed by atoms with Gasteiger partial charge in [0.25, 0.3) is 5.91 Å². The number of alkyl carbamates (subject to hydrolysis) is 1. The lowest BCUT2D eigenvalue weighted by atomic mass is 10.1. The number of anilines is 1. The number of methoxy groups -OCH3 is 1. The number of benzene rings is 3. The number of aromatic nitrogens is 1. The minimum Gasteiger partial charge on any atom is -0.493 e. The standard InChI is InChI=1S/C32H33N3O8/c1-32(2,3)43-31(39)35-24(30(37)38)15-17-41-28-19-25-23(18-27(28)40-4)26(14-16-33-25)42-22-12-10-21(11-13-22)34-29(36)20-8-6-5-7-9-20/h5-14,16,18-19,24H,15,17H2,1-4H3,(H,34,36)(H,35,39)(H,37,38). The molecular formula is C32H33N3O8. The minimum absolute atomic E-state index is 0.0197. The zero-order valence-electron chi connectivity index (χ0n) is 24.2. The molecule has 0 saturated carbocycles. The van der Waals surface area contributed by atoms with E-state index >= 15 is 0 Å². The molecule has 0 fully saturated rings. The normalized spacial score (nSPS) is 11.7. The van der Waals surface area contributed by atoms with E-state index in [1.165, 1.54) is 7.11 Å². The van der Waals surface area contributed by atoms with Crippen molar-refractivity contribution in [1.29, 1.82) is 0 Å². The van der Waals surface area contributed by atoms with Crippen molar-refractivity contribution in [3.05, 3.63) is 84.6 Å². The summed E-state index contributed by atoms with van der Waals surface area (Å²) in [5.41, 5.74) is 0.973. The molecule has 0 saturated heterocycles. The summed E-state index contributed by atoms with van der Waals surface area (Å²) in [4.78, 5) is 40.5. The van der Waals surface area contributed by atoms with Gasteiger partial charge in [0.2, 0.25) is 0 Å². The van der Waals surface area contributed by atoms with Crippen molar-refractivity contribution in [3.63, 3.8) is 0 Å². The first-order chi connectivity index (χ1) is 20.5. The quantitative estimate of drug-likeness (QED) is 0.191. The van der Waals surface area contributed by atoms with E-state index in [2.05, 4.69) is 15.6 Å². The Morgan fingerprint density at radius 1 is 0.930 bits per heavy atom. The second-order valence-corrected chi connectivity index (χ2v) is 10.5. The molecule has 0 aliphatic carbocycles. The smallest absolute Gasteiger partial charge is 0.408 e. The maximum absolute atomic E-state index is 12.4. The van der Waals surface area contributed by atoms with Crippen molar-refractivity contribution in [2.24, 2.45) is 0 Å². The summed E-state index contributed by atoms with van der Waals surface area (Å²) < 4.78 is 22.6.